The number of amides is 1. The third kappa shape index (κ3) is 3.21. The van der Waals surface area contributed by atoms with Crippen LogP contribution in [-0.2, 0) is 16.0 Å². The lowest BCUT2D eigenvalue weighted by molar-refractivity contribution is -0.142. The predicted octanol–water partition coefficient (Wildman–Crippen LogP) is 1.47. The second-order valence-corrected chi connectivity index (χ2v) is 5.42. The normalized spacial score (nSPS) is 15.8. The third-order valence-electron chi connectivity index (χ3n) is 3.70. The quantitative estimate of drug-likeness (QED) is 0.750. The molecule has 0 spiro atoms. The van der Waals surface area contributed by atoms with Crippen LogP contribution in [0.25, 0.3) is 11.0 Å². The van der Waals surface area contributed by atoms with Crippen LogP contribution in [0.5, 0.6) is 0 Å². The molecule has 6 nitrogen and oxygen atoms in total. The van der Waals surface area contributed by atoms with Crippen LogP contribution >= 0.6 is 0 Å². The SMILES string of the molecule is O=C(CCc1nc2ccccc2[nH]1)NC(C(=O)O)C1CC1. The minimum Gasteiger partial charge on any atom is -0.480 e. The largest absolute Gasteiger partial charge is 0.480 e. The first kappa shape index (κ1) is 13.6. The number of aromatic nitrogens is 2. The maximum absolute atomic E-state index is 11.9. The zero-order valence-corrected chi connectivity index (χ0v) is 11.5. The van der Waals surface area contributed by atoms with Crippen LogP contribution in [0.2, 0.25) is 0 Å². The van der Waals surface area contributed by atoms with Crippen LogP contribution in [0, 0.1) is 5.92 Å². The molecule has 21 heavy (non-hydrogen) atoms. The van der Waals surface area contributed by atoms with E-state index in [1.807, 2.05) is 24.3 Å². The number of aliphatic carboxylic acids is 1. The van der Waals surface area contributed by atoms with Crippen molar-refractivity contribution in [2.24, 2.45) is 5.92 Å². The van der Waals surface area contributed by atoms with E-state index < -0.39 is 12.0 Å². The molecule has 1 saturated carbocycles. The van der Waals surface area contributed by atoms with Gasteiger partial charge in [0.05, 0.1) is 11.0 Å². The molecule has 6 heteroatoms. The van der Waals surface area contributed by atoms with Crippen molar-refractivity contribution in [3.8, 4) is 0 Å². The number of H-pyrrole nitrogens is 1. The lowest BCUT2D eigenvalue weighted by atomic mass is 10.1. The van der Waals surface area contributed by atoms with Gasteiger partial charge >= 0.3 is 5.97 Å². The maximum atomic E-state index is 11.9. The summed E-state index contributed by atoms with van der Waals surface area (Å²) in [6.45, 7) is 0. The van der Waals surface area contributed by atoms with Gasteiger partial charge in [-0.1, -0.05) is 12.1 Å². The van der Waals surface area contributed by atoms with E-state index in [1.54, 1.807) is 0 Å². The Balaban J connectivity index is 1.56. The second-order valence-electron chi connectivity index (χ2n) is 5.42. The Labute approximate surface area is 121 Å². The molecular formula is C15H17N3O3. The Hall–Kier alpha value is -2.37. The van der Waals surface area contributed by atoms with Gasteiger partial charge in [0, 0.05) is 12.8 Å². The number of benzene rings is 1. The molecular weight excluding hydrogens is 270 g/mol. The first-order valence-corrected chi connectivity index (χ1v) is 7.09. The number of imidazole rings is 1. The summed E-state index contributed by atoms with van der Waals surface area (Å²) in [6.07, 6.45) is 2.45. The van der Waals surface area contributed by atoms with Crippen molar-refractivity contribution in [3.05, 3.63) is 30.1 Å². The molecule has 0 radical (unpaired) electrons. The molecule has 0 saturated heterocycles. The number of fused-ring (bicyclic) bond motifs is 1. The average molecular weight is 287 g/mol. The summed E-state index contributed by atoms with van der Waals surface area (Å²) in [5, 5.41) is 11.7. The van der Waals surface area contributed by atoms with Crippen LogP contribution in [0.3, 0.4) is 0 Å². The summed E-state index contributed by atoms with van der Waals surface area (Å²) >= 11 is 0. The van der Waals surface area contributed by atoms with Crippen LogP contribution in [-0.4, -0.2) is 33.0 Å². The summed E-state index contributed by atoms with van der Waals surface area (Å²) in [4.78, 5) is 30.5. The van der Waals surface area contributed by atoms with E-state index in [1.165, 1.54) is 0 Å². The molecule has 2 aromatic rings. The molecule has 1 amide bonds. The standard InChI is InChI=1S/C15H17N3O3/c19-13(18-14(15(20)21)9-5-6-9)8-7-12-16-10-3-1-2-4-11(10)17-12/h1-4,9,14H,5-8H2,(H,16,17)(H,18,19)(H,20,21). The first-order chi connectivity index (χ1) is 10.1. The average Bonchev–Trinajstić information content (AvgIpc) is 3.20. The molecule has 1 aromatic heterocycles. The molecule has 0 bridgehead atoms. The smallest absolute Gasteiger partial charge is 0.326 e. The van der Waals surface area contributed by atoms with Crippen molar-refractivity contribution >= 4 is 22.9 Å². The van der Waals surface area contributed by atoms with Crippen LogP contribution in [0.1, 0.15) is 25.1 Å². The number of carboxylic acids is 1. The Morgan fingerprint density at radius 1 is 1.38 bits per heavy atom. The van der Waals surface area contributed by atoms with Gasteiger partial charge in [-0.25, -0.2) is 9.78 Å². The van der Waals surface area contributed by atoms with E-state index in [2.05, 4.69) is 15.3 Å². The number of nitrogens with zero attached hydrogens (tertiary/aromatic N) is 1. The lowest BCUT2D eigenvalue weighted by Gasteiger charge is -2.12. The van der Waals surface area contributed by atoms with Crippen LogP contribution < -0.4 is 5.32 Å². The minimum atomic E-state index is -0.949. The van der Waals surface area contributed by atoms with Gasteiger partial charge in [-0.2, -0.15) is 0 Å². The fourth-order valence-electron chi connectivity index (χ4n) is 2.41. The highest BCUT2D eigenvalue weighted by Gasteiger charge is 2.37. The highest BCUT2D eigenvalue weighted by atomic mass is 16.4. The molecule has 1 aliphatic rings. The lowest BCUT2D eigenvalue weighted by Crippen LogP contribution is -2.42. The third-order valence-corrected chi connectivity index (χ3v) is 3.70. The number of carboxylic acid groups (broad SMARTS) is 1. The van der Waals surface area contributed by atoms with Crippen molar-refractivity contribution in [1.29, 1.82) is 0 Å². The summed E-state index contributed by atoms with van der Waals surface area (Å²) in [5.74, 6) is -0.355. The van der Waals surface area contributed by atoms with Crippen molar-refractivity contribution < 1.29 is 14.7 Å². The number of carbonyl (C=O) groups is 2. The number of aryl methyl sites for hydroxylation is 1. The Bertz CT molecular complexity index is 643. The zero-order chi connectivity index (χ0) is 14.8. The van der Waals surface area contributed by atoms with E-state index in [0.29, 0.717) is 6.42 Å². The number of hydrogen-bond donors (Lipinski definition) is 3. The number of rotatable bonds is 6. The molecule has 3 N–H and O–H groups in total. The highest BCUT2D eigenvalue weighted by molar-refractivity contribution is 5.84. The Morgan fingerprint density at radius 2 is 2.14 bits per heavy atom. The molecule has 1 aliphatic carbocycles. The van der Waals surface area contributed by atoms with E-state index >= 15 is 0 Å². The van der Waals surface area contributed by atoms with E-state index in [-0.39, 0.29) is 18.2 Å². The van der Waals surface area contributed by atoms with Gasteiger partial charge in [-0.15, -0.1) is 0 Å². The van der Waals surface area contributed by atoms with Crippen molar-refractivity contribution in [1.82, 2.24) is 15.3 Å². The molecule has 1 atom stereocenters. The highest BCUT2D eigenvalue weighted by Crippen LogP contribution is 2.32. The minimum absolute atomic E-state index is 0.0950. The summed E-state index contributed by atoms with van der Waals surface area (Å²) in [6, 6.07) is 6.92. The molecule has 1 aromatic carbocycles. The van der Waals surface area contributed by atoms with Crippen LogP contribution in [0.15, 0.2) is 24.3 Å². The van der Waals surface area contributed by atoms with Gasteiger partial charge in [-0.05, 0) is 30.9 Å². The van der Waals surface area contributed by atoms with Gasteiger partial charge in [-0.3, -0.25) is 4.79 Å². The van der Waals surface area contributed by atoms with Crippen LogP contribution in [0.4, 0.5) is 0 Å². The Morgan fingerprint density at radius 3 is 2.81 bits per heavy atom. The van der Waals surface area contributed by atoms with Gasteiger partial charge in [0.25, 0.3) is 0 Å². The van der Waals surface area contributed by atoms with Crippen molar-refractivity contribution in [2.45, 2.75) is 31.7 Å². The fourth-order valence-corrected chi connectivity index (χ4v) is 2.41. The van der Waals surface area contributed by atoms with Gasteiger partial charge < -0.3 is 15.4 Å². The molecule has 1 unspecified atom stereocenters. The molecule has 1 heterocycles. The Kier molecular flexibility index (Phi) is 3.60. The van der Waals surface area contributed by atoms with Gasteiger partial charge in [0.2, 0.25) is 5.91 Å². The number of aromatic amines is 1. The molecule has 1 fully saturated rings. The van der Waals surface area contributed by atoms with Gasteiger partial charge in [0.1, 0.15) is 11.9 Å². The predicted molar refractivity (Wildman–Crippen MR) is 76.7 cm³/mol. The monoisotopic (exact) mass is 287 g/mol. The number of hydrogen-bond acceptors (Lipinski definition) is 3. The van der Waals surface area contributed by atoms with E-state index in [9.17, 15) is 9.59 Å². The topological polar surface area (TPSA) is 95.1 Å². The fraction of sp³-hybridized carbons (Fsp3) is 0.400. The van der Waals surface area contributed by atoms with E-state index in [4.69, 9.17) is 5.11 Å². The molecule has 110 valence electrons. The van der Waals surface area contributed by atoms with Gasteiger partial charge in [0.15, 0.2) is 0 Å². The summed E-state index contributed by atoms with van der Waals surface area (Å²) in [5.41, 5.74) is 1.81. The van der Waals surface area contributed by atoms with Crippen molar-refractivity contribution in [3.63, 3.8) is 0 Å². The zero-order valence-electron chi connectivity index (χ0n) is 11.5. The summed E-state index contributed by atoms with van der Waals surface area (Å²) < 4.78 is 0. The number of para-hydroxylation sites is 2. The second kappa shape index (κ2) is 5.55. The summed E-state index contributed by atoms with van der Waals surface area (Å²) in [7, 11) is 0. The number of carbonyl (C=O) groups excluding carboxylic acids is 1. The number of nitrogens with one attached hydrogen (secondary N) is 2. The maximum Gasteiger partial charge on any atom is 0.326 e. The van der Waals surface area contributed by atoms with E-state index in [0.717, 1.165) is 29.7 Å². The van der Waals surface area contributed by atoms with Crippen molar-refractivity contribution in [2.75, 3.05) is 0 Å². The molecule has 0 aliphatic heterocycles. The molecule has 3 rings (SSSR count). The first-order valence-electron chi connectivity index (χ1n) is 7.09.